The monoisotopic (exact) mass is 195 g/mol. The fourth-order valence-electron chi connectivity index (χ4n) is 2.83. The SMILES string of the molecule is C1COCC(NCC2(C3CC3)CC2)C1. The fraction of sp³-hybridized carbons (Fsp3) is 1.00. The molecule has 1 atom stereocenters. The highest BCUT2D eigenvalue weighted by atomic mass is 16.5. The van der Waals surface area contributed by atoms with Gasteiger partial charge in [0.1, 0.15) is 0 Å². The van der Waals surface area contributed by atoms with E-state index in [1.165, 1.54) is 45.1 Å². The van der Waals surface area contributed by atoms with Crippen molar-refractivity contribution in [3.05, 3.63) is 0 Å². The fourth-order valence-corrected chi connectivity index (χ4v) is 2.83. The molecule has 3 rings (SSSR count). The van der Waals surface area contributed by atoms with E-state index in [1.54, 1.807) is 0 Å². The van der Waals surface area contributed by atoms with Crippen molar-refractivity contribution in [2.75, 3.05) is 19.8 Å². The third kappa shape index (κ3) is 1.82. The lowest BCUT2D eigenvalue weighted by atomic mass is 9.99. The maximum Gasteiger partial charge on any atom is 0.0619 e. The Balaban J connectivity index is 1.44. The van der Waals surface area contributed by atoms with Gasteiger partial charge >= 0.3 is 0 Å². The first kappa shape index (κ1) is 9.17. The van der Waals surface area contributed by atoms with Crippen LogP contribution in [0.15, 0.2) is 0 Å². The molecule has 3 aliphatic rings. The number of nitrogens with one attached hydrogen (secondary N) is 1. The van der Waals surface area contributed by atoms with Crippen LogP contribution in [0.4, 0.5) is 0 Å². The van der Waals surface area contributed by atoms with Crippen LogP contribution in [0.1, 0.15) is 38.5 Å². The van der Waals surface area contributed by atoms with Crippen molar-refractivity contribution in [1.29, 1.82) is 0 Å². The summed E-state index contributed by atoms with van der Waals surface area (Å²) in [6.45, 7) is 3.19. The highest BCUT2D eigenvalue weighted by Gasteiger charge is 2.53. The molecule has 0 aromatic heterocycles. The second-order valence-corrected chi connectivity index (χ2v) is 5.43. The van der Waals surface area contributed by atoms with Gasteiger partial charge < -0.3 is 10.1 Å². The quantitative estimate of drug-likeness (QED) is 0.740. The largest absolute Gasteiger partial charge is 0.380 e. The molecule has 14 heavy (non-hydrogen) atoms. The molecule has 1 heterocycles. The maximum atomic E-state index is 5.48. The molecule has 1 N–H and O–H groups in total. The van der Waals surface area contributed by atoms with Gasteiger partial charge in [0.15, 0.2) is 0 Å². The topological polar surface area (TPSA) is 21.3 Å². The lowest BCUT2D eigenvalue weighted by Crippen LogP contribution is -2.40. The van der Waals surface area contributed by atoms with Crippen molar-refractivity contribution < 1.29 is 4.74 Å². The second-order valence-electron chi connectivity index (χ2n) is 5.43. The zero-order valence-corrected chi connectivity index (χ0v) is 8.93. The van der Waals surface area contributed by atoms with Crippen LogP contribution in [0.5, 0.6) is 0 Å². The van der Waals surface area contributed by atoms with E-state index in [9.17, 15) is 0 Å². The van der Waals surface area contributed by atoms with Gasteiger partial charge in [0, 0.05) is 19.2 Å². The van der Waals surface area contributed by atoms with Crippen LogP contribution in [-0.2, 0) is 4.74 Å². The van der Waals surface area contributed by atoms with Crippen molar-refractivity contribution in [2.24, 2.45) is 11.3 Å². The van der Waals surface area contributed by atoms with Gasteiger partial charge in [0.25, 0.3) is 0 Å². The Bertz CT molecular complexity index is 202. The van der Waals surface area contributed by atoms with Crippen molar-refractivity contribution >= 4 is 0 Å². The maximum absolute atomic E-state index is 5.48. The zero-order chi connectivity index (χ0) is 9.43. The lowest BCUT2D eigenvalue weighted by Gasteiger charge is -2.26. The van der Waals surface area contributed by atoms with E-state index < -0.39 is 0 Å². The molecule has 0 spiro atoms. The first-order valence-electron chi connectivity index (χ1n) is 6.20. The van der Waals surface area contributed by atoms with Crippen LogP contribution < -0.4 is 5.32 Å². The van der Waals surface area contributed by atoms with E-state index in [2.05, 4.69) is 5.32 Å². The molecular formula is C12H21NO. The van der Waals surface area contributed by atoms with Gasteiger partial charge in [-0.15, -0.1) is 0 Å². The molecule has 0 aromatic rings. The Morgan fingerprint density at radius 3 is 2.64 bits per heavy atom. The van der Waals surface area contributed by atoms with Crippen molar-refractivity contribution in [1.82, 2.24) is 5.32 Å². The second kappa shape index (κ2) is 3.49. The molecule has 1 aliphatic heterocycles. The van der Waals surface area contributed by atoms with Crippen molar-refractivity contribution in [3.8, 4) is 0 Å². The van der Waals surface area contributed by atoms with Crippen LogP contribution in [0.2, 0.25) is 0 Å². The van der Waals surface area contributed by atoms with Gasteiger partial charge in [0.05, 0.1) is 6.61 Å². The summed E-state index contributed by atoms with van der Waals surface area (Å²) in [5.74, 6) is 1.08. The Hall–Kier alpha value is -0.0800. The molecule has 2 heteroatoms. The summed E-state index contributed by atoms with van der Waals surface area (Å²) in [4.78, 5) is 0. The minimum absolute atomic E-state index is 0.653. The molecule has 1 saturated heterocycles. The summed E-state index contributed by atoms with van der Waals surface area (Å²) < 4.78 is 5.48. The molecule has 3 fully saturated rings. The summed E-state index contributed by atoms with van der Waals surface area (Å²) in [7, 11) is 0. The minimum Gasteiger partial charge on any atom is -0.380 e. The molecule has 0 bridgehead atoms. The molecule has 2 aliphatic carbocycles. The predicted octanol–water partition coefficient (Wildman–Crippen LogP) is 1.95. The van der Waals surface area contributed by atoms with Gasteiger partial charge in [-0.05, 0) is 49.9 Å². The third-order valence-electron chi connectivity index (χ3n) is 4.24. The summed E-state index contributed by atoms with van der Waals surface area (Å²) in [6.07, 6.45) is 8.54. The van der Waals surface area contributed by atoms with Crippen LogP contribution in [-0.4, -0.2) is 25.8 Å². The number of rotatable bonds is 4. The molecule has 2 nitrogen and oxygen atoms in total. The minimum atomic E-state index is 0.653. The van der Waals surface area contributed by atoms with E-state index in [4.69, 9.17) is 4.74 Å². The zero-order valence-electron chi connectivity index (χ0n) is 8.93. The van der Waals surface area contributed by atoms with Crippen LogP contribution in [0.25, 0.3) is 0 Å². The predicted molar refractivity (Wildman–Crippen MR) is 56.2 cm³/mol. The molecule has 80 valence electrons. The highest BCUT2D eigenvalue weighted by Crippen LogP contribution is 2.60. The standard InChI is InChI=1S/C12H21NO/c1-2-11(8-14-7-1)13-9-12(5-6-12)10-3-4-10/h10-11,13H,1-9H2. The van der Waals surface area contributed by atoms with E-state index >= 15 is 0 Å². The van der Waals surface area contributed by atoms with Gasteiger partial charge in [-0.25, -0.2) is 0 Å². The van der Waals surface area contributed by atoms with E-state index in [1.807, 2.05) is 0 Å². The average Bonchev–Trinajstić information content (AvgIpc) is 3.08. The first-order valence-corrected chi connectivity index (χ1v) is 6.20. The molecule has 1 unspecified atom stereocenters. The molecule has 0 amide bonds. The van der Waals surface area contributed by atoms with E-state index in [0.29, 0.717) is 6.04 Å². The number of ether oxygens (including phenoxy) is 1. The van der Waals surface area contributed by atoms with E-state index in [0.717, 1.165) is 24.5 Å². The number of hydrogen-bond acceptors (Lipinski definition) is 2. The molecular weight excluding hydrogens is 174 g/mol. The summed E-state index contributed by atoms with van der Waals surface area (Å²) in [5.41, 5.74) is 0.747. The average molecular weight is 195 g/mol. The van der Waals surface area contributed by atoms with Crippen molar-refractivity contribution in [2.45, 2.75) is 44.6 Å². The Labute approximate surface area is 86.4 Å². The Morgan fingerprint density at radius 1 is 1.21 bits per heavy atom. The lowest BCUT2D eigenvalue weighted by molar-refractivity contribution is 0.0681. The third-order valence-corrected chi connectivity index (χ3v) is 4.24. The smallest absolute Gasteiger partial charge is 0.0619 e. The van der Waals surface area contributed by atoms with Crippen LogP contribution in [0.3, 0.4) is 0 Å². The normalized spacial score (nSPS) is 35.6. The van der Waals surface area contributed by atoms with Crippen LogP contribution in [0, 0.1) is 11.3 Å². The molecule has 0 aromatic carbocycles. The van der Waals surface area contributed by atoms with Gasteiger partial charge in [0.2, 0.25) is 0 Å². The summed E-state index contributed by atoms with van der Waals surface area (Å²) in [5, 5.41) is 3.72. The summed E-state index contributed by atoms with van der Waals surface area (Å²) in [6, 6.07) is 0.653. The summed E-state index contributed by atoms with van der Waals surface area (Å²) >= 11 is 0. The number of hydrogen-bond donors (Lipinski definition) is 1. The Morgan fingerprint density at radius 2 is 2.07 bits per heavy atom. The molecule has 2 saturated carbocycles. The first-order chi connectivity index (χ1) is 6.89. The van der Waals surface area contributed by atoms with Gasteiger partial charge in [-0.2, -0.15) is 0 Å². The van der Waals surface area contributed by atoms with Gasteiger partial charge in [-0.3, -0.25) is 0 Å². The Kier molecular flexibility index (Phi) is 2.29. The molecule has 0 radical (unpaired) electrons. The van der Waals surface area contributed by atoms with Gasteiger partial charge in [-0.1, -0.05) is 0 Å². The van der Waals surface area contributed by atoms with Crippen molar-refractivity contribution in [3.63, 3.8) is 0 Å². The highest BCUT2D eigenvalue weighted by molar-refractivity contribution is 5.05. The van der Waals surface area contributed by atoms with E-state index in [-0.39, 0.29) is 0 Å². The van der Waals surface area contributed by atoms with Crippen LogP contribution >= 0.6 is 0 Å².